The Labute approximate surface area is 164 Å². The molecular weight excluding hydrogens is 354 g/mol. The van der Waals surface area contributed by atoms with E-state index >= 15 is 0 Å². The van der Waals surface area contributed by atoms with E-state index in [4.69, 9.17) is 14.2 Å². The highest BCUT2D eigenvalue weighted by Gasteiger charge is 2.06. The van der Waals surface area contributed by atoms with Crippen LogP contribution in [-0.4, -0.2) is 17.6 Å². The highest BCUT2D eigenvalue weighted by molar-refractivity contribution is 5.86. The third-order valence-corrected chi connectivity index (χ3v) is 3.77. The summed E-state index contributed by atoms with van der Waals surface area (Å²) in [7, 11) is 0. The average molecular weight is 375 g/mol. The topological polar surface area (TPSA) is 57.7 Å². The number of benzene rings is 2. The lowest BCUT2D eigenvalue weighted by atomic mass is 10.2. The Balaban J connectivity index is 1.61. The first-order chi connectivity index (χ1) is 13.7. The Morgan fingerprint density at radius 2 is 1.75 bits per heavy atom. The highest BCUT2D eigenvalue weighted by atomic mass is 16.5. The number of nitrogens with zero attached hydrogens (tertiary/aromatic N) is 1. The molecule has 0 aliphatic heterocycles. The lowest BCUT2D eigenvalue weighted by Crippen LogP contribution is -1.99. The molecule has 5 nitrogen and oxygen atoms in total. The molecule has 0 saturated carbocycles. The average Bonchev–Trinajstić information content (AvgIpc) is 2.73. The van der Waals surface area contributed by atoms with Crippen LogP contribution >= 0.6 is 0 Å². The summed E-state index contributed by atoms with van der Waals surface area (Å²) in [6.07, 6.45) is 4.57. The third-order valence-electron chi connectivity index (χ3n) is 3.77. The van der Waals surface area contributed by atoms with Gasteiger partial charge < -0.3 is 14.2 Å². The zero-order valence-corrected chi connectivity index (χ0v) is 15.6. The number of carbonyl (C=O) groups is 1. The van der Waals surface area contributed by atoms with Crippen LogP contribution in [0.5, 0.6) is 17.2 Å². The zero-order valence-electron chi connectivity index (χ0n) is 15.6. The van der Waals surface area contributed by atoms with E-state index in [9.17, 15) is 4.79 Å². The van der Waals surface area contributed by atoms with E-state index in [0.717, 1.165) is 17.1 Å². The molecule has 0 fully saturated rings. The van der Waals surface area contributed by atoms with Gasteiger partial charge in [0.2, 0.25) is 0 Å². The normalized spacial score (nSPS) is 10.6. The molecule has 0 amide bonds. The number of hydrogen-bond acceptors (Lipinski definition) is 5. The monoisotopic (exact) mass is 375 g/mol. The predicted molar refractivity (Wildman–Crippen MR) is 107 cm³/mol. The molecule has 0 atom stereocenters. The number of ether oxygens (including phenoxy) is 3. The van der Waals surface area contributed by atoms with Gasteiger partial charge in [0.15, 0.2) is 0 Å². The largest absolute Gasteiger partial charge is 0.487 e. The maximum Gasteiger partial charge on any atom is 0.330 e. The van der Waals surface area contributed by atoms with Crippen LogP contribution in [0.1, 0.15) is 18.2 Å². The fraction of sp³-hybridized carbons (Fsp3) is 0.130. The van der Waals surface area contributed by atoms with Gasteiger partial charge in [-0.15, -0.1) is 0 Å². The third kappa shape index (κ3) is 5.71. The molecule has 0 aliphatic rings. The second kappa shape index (κ2) is 9.92. The maximum atomic E-state index is 11.3. The van der Waals surface area contributed by atoms with Crippen LogP contribution in [0.2, 0.25) is 0 Å². The smallest absolute Gasteiger partial charge is 0.330 e. The van der Waals surface area contributed by atoms with E-state index in [2.05, 4.69) is 4.98 Å². The van der Waals surface area contributed by atoms with Gasteiger partial charge in [-0.25, -0.2) is 4.79 Å². The number of carbonyl (C=O) groups excluding carboxylic acids is 1. The van der Waals surface area contributed by atoms with Gasteiger partial charge >= 0.3 is 5.97 Å². The lowest BCUT2D eigenvalue weighted by molar-refractivity contribution is -0.137. The molecule has 0 spiro atoms. The van der Waals surface area contributed by atoms with Gasteiger partial charge in [0.25, 0.3) is 0 Å². The van der Waals surface area contributed by atoms with Crippen molar-refractivity contribution in [2.75, 3.05) is 6.61 Å². The Hall–Kier alpha value is -3.60. The van der Waals surface area contributed by atoms with E-state index in [0.29, 0.717) is 24.7 Å². The van der Waals surface area contributed by atoms with E-state index < -0.39 is 0 Å². The summed E-state index contributed by atoms with van der Waals surface area (Å²) >= 11 is 0. The second-order valence-electron chi connectivity index (χ2n) is 5.82. The molecule has 3 aromatic rings. The van der Waals surface area contributed by atoms with Gasteiger partial charge in [-0.05, 0) is 43.3 Å². The Kier molecular flexibility index (Phi) is 6.79. The molecule has 142 valence electrons. The van der Waals surface area contributed by atoms with Gasteiger partial charge in [-0.1, -0.05) is 36.4 Å². The van der Waals surface area contributed by atoms with Crippen molar-refractivity contribution in [3.8, 4) is 17.2 Å². The van der Waals surface area contributed by atoms with Crippen LogP contribution in [0, 0.1) is 0 Å². The van der Waals surface area contributed by atoms with Crippen molar-refractivity contribution in [3.05, 3.63) is 90.3 Å². The summed E-state index contributed by atoms with van der Waals surface area (Å²) in [6.45, 7) is 2.46. The molecule has 0 bridgehead atoms. The van der Waals surface area contributed by atoms with Crippen molar-refractivity contribution in [1.29, 1.82) is 0 Å². The molecule has 0 aliphatic carbocycles. The number of hydrogen-bond donors (Lipinski definition) is 0. The molecule has 28 heavy (non-hydrogen) atoms. The van der Waals surface area contributed by atoms with Crippen molar-refractivity contribution in [3.63, 3.8) is 0 Å². The number of rotatable bonds is 8. The van der Waals surface area contributed by atoms with Crippen LogP contribution < -0.4 is 9.47 Å². The lowest BCUT2D eigenvalue weighted by Gasteiger charge is -2.12. The van der Waals surface area contributed by atoms with Gasteiger partial charge in [0.05, 0.1) is 18.5 Å². The summed E-state index contributed by atoms with van der Waals surface area (Å²) in [5, 5.41) is 0. The van der Waals surface area contributed by atoms with E-state index in [1.807, 2.05) is 54.6 Å². The molecule has 0 unspecified atom stereocenters. The standard InChI is InChI=1S/C23H21NO4/c1-2-26-23(25)15-13-19-12-14-21(16-24-19)27-17-18-8-6-7-11-22(18)28-20-9-4-3-5-10-20/h3-16H,2,17H2,1H3/b15-13+. The molecule has 0 N–H and O–H groups in total. The minimum atomic E-state index is -0.389. The number of para-hydroxylation sites is 2. The first-order valence-electron chi connectivity index (χ1n) is 8.99. The SMILES string of the molecule is CCOC(=O)/C=C/c1ccc(OCc2ccccc2Oc2ccccc2)cn1. The molecule has 0 saturated heterocycles. The summed E-state index contributed by atoms with van der Waals surface area (Å²) in [4.78, 5) is 15.6. The minimum Gasteiger partial charge on any atom is -0.487 e. The van der Waals surface area contributed by atoms with Gasteiger partial charge in [0, 0.05) is 11.6 Å². The van der Waals surface area contributed by atoms with Crippen LogP contribution in [0.15, 0.2) is 79.0 Å². The zero-order chi connectivity index (χ0) is 19.6. The Morgan fingerprint density at radius 1 is 0.964 bits per heavy atom. The molecule has 0 radical (unpaired) electrons. The van der Waals surface area contributed by atoms with Crippen LogP contribution in [0.25, 0.3) is 6.08 Å². The Bertz CT molecular complexity index is 921. The first kappa shape index (κ1) is 19.2. The summed E-state index contributed by atoms with van der Waals surface area (Å²) < 4.78 is 16.6. The molecule has 5 heteroatoms. The maximum absolute atomic E-state index is 11.3. The van der Waals surface area contributed by atoms with E-state index in [1.165, 1.54) is 6.08 Å². The van der Waals surface area contributed by atoms with Gasteiger partial charge in [0.1, 0.15) is 23.9 Å². The fourth-order valence-electron chi connectivity index (χ4n) is 2.42. The fourth-order valence-corrected chi connectivity index (χ4v) is 2.42. The van der Waals surface area contributed by atoms with Crippen molar-refractivity contribution < 1.29 is 19.0 Å². The predicted octanol–water partition coefficient (Wildman–Crippen LogP) is 5.03. The van der Waals surface area contributed by atoms with Gasteiger partial charge in [-0.3, -0.25) is 4.98 Å². The first-order valence-corrected chi connectivity index (χ1v) is 8.99. The van der Waals surface area contributed by atoms with Gasteiger partial charge in [-0.2, -0.15) is 0 Å². The molecular formula is C23H21NO4. The summed E-state index contributed by atoms with van der Waals surface area (Å²) in [5.41, 5.74) is 1.57. The number of aromatic nitrogens is 1. The van der Waals surface area contributed by atoms with Crippen molar-refractivity contribution >= 4 is 12.0 Å². The van der Waals surface area contributed by atoms with E-state index in [1.54, 1.807) is 31.3 Å². The molecule has 2 aromatic carbocycles. The second-order valence-corrected chi connectivity index (χ2v) is 5.82. The molecule has 1 aromatic heterocycles. The van der Waals surface area contributed by atoms with Crippen molar-refractivity contribution in [2.45, 2.75) is 13.5 Å². The highest BCUT2D eigenvalue weighted by Crippen LogP contribution is 2.26. The summed E-state index contributed by atoms with van der Waals surface area (Å²) in [5.74, 6) is 1.76. The van der Waals surface area contributed by atoms with Crippen molar-refractivity contribution in [1.82, 2.24) is 4.98 Å². The Morgan fingerprint density at radius 3 is 2.50 bits per heavy atom. The summed E-state index contributed by atoms with van der Waals surface area (Å²) in [6, 6.07) is 20.9. The number of esters is 1. The van der Waals surface area contributed by atoms with Crippen LogP contribution in [-0.2, 0) is 16.1 Å². The minimum absolute atomic E-state index is 0.346. The quantitative estimate of drug-likeness (QED) is 0.408. The van der Waals surface area contributed by atoms with Crippen LogP contribution in [0.4, 0.5) is 0 Å². The molecule has 3 rings (SSSR count). The van der Waals surface area contributed by atoms with E-state index in [-0.39, 0.29) is 5.97 Å². The number of pyridine rings is 1. The van der Waals surface area contributed by atoms with Crippen molar-refractivity contribution in [2.24, 2.45) is 0 Å². The molecule has 1 heterocycles. The van der Waals surface area contributed by atoms with Crippen LogP contribution in [0.3, 0.4) is 0 Å².